The van der Waals surface area contributed by atoms with Gasteiger partial charge in [-0.15, -0.1) is 0 Å². The van der Waals surface area contributed by atoms with Crippen molar-refractivity contribution in [2.24, 2.45) is 5.92 Å². The van der Waals surface area contributed by atoms with E-state index in [1.807, 2.05) is 0 Å². The van der Waals surface area contributed by atoms with Gasteiger partial charge in [0.2, 0.25) is 11.8 Å². The van der Waals surface area contributed by atoms with Gasteiger partial charge in [0.05, 0.1) is 0 Å². The van der Waals surface area contributed by atoms with Gasteiger partial charge in [-0.2, -0.15) is 26.3 Å². The molecule has 0 saturated carbocycles. The molecule has 21 heavy (non-hydrogen) atoms. The van der Waals surface area contributed by atoms with Crippen molar-refractivity contribution in [2.45, 2.75) is 44.1 Å². The molecule has 0 aromatic rings. The average Bonchev–Trinajstić information content (AvgIpc) is 2.33. The molecule has 0 aromatic carbocycles. The van der Waals surface area contributed by atoms with Crippen molar-refractivity contribution >= 4 is 5.91 Å². The lowest BCUT2D eigenvalue weighted by Crippen LogP contribution is -2.49. The van der Waals surface area contributed by atoms with E-state index in [-0.39, 0.29) is 12.6 Å². The van der Waals surface area contributed by atoms with Crippen LogP contribution in [0.5, 0.6) is 0 Å². The Bertz CT molecular complexity index is 335. The molecule has 124 valence electrons. The standard InChI is InChI=1S/C12H18F6N2O/c1-20(7-5-8-4-2-3-6-19-8)10(21)9(11(13,14)15)12(16,17)18/h8-9,19H,2-7H2,1H3. The SMILES string of the molecule is CN(CCC1CCCCN1)C(=O)C(C(F)(F)F)C(F)(F)F. The second-order valence-electron chi connectivity index (χ2n) is 5.21. The average molecular weight is 320 g/mol. The first-order chi connectivity index (χ1) is 9.53. The van der Waals surface area contributed by atoms with Crippen LogP contribution in [0, 0.1) is 5.92 Å². The van der Waals surface area contributed by atoms with Gasteiger partial charge in [0.25, 0.3) is 0 Å². The van der Waals surface area contributed by atoms with Gasteiger partial charge in [-0.1, -0.05) is 6.42 Å². The number of carbonyl (C=O) groups excluding carboxylic acids is 1. The summed E-state index contributed by atoms with van der Waals surface area (Å²) in [5.41, 5.74) is 0. The minimum absolute atomic E-state index is 0.0317. The van der Waals surface area contributed by atoms with Crippen LogP contribution in [0.15, 0.2) is 0 Å². The minimum Gasteiger partial charge on any atom is -0.345 e. The highest BCUT2D eigenvalue weighted by molar-refractivity contribution is 5.80. The molecule has 1 atom stereocenters. The van der Waals surface area contributed by atoms with E-state index < -0.39 is 24.2 Å². The van der Waals surface area contributed by atoms with Crippen molar-refractivity contribution in [1.82, 2.24) is 10.2 Å². The van der Waals surface area contributed by atoms with Crippen LogP contribution in [0.1, 0.15) is 25.7 Å². The molecule has 0 bridgehead atoms. The van der Waals surface area contributed by atoms with Gasteiger partial charge in [0.15, 0.2) is 0 Å². The van der Waals surface area contributed by atoms with E-state index in [9.17, 15) is 31.1 Å². The molecule has 3 nitrogen and oxygen atoms in total. The van der Waals surface area contributed by atoms with Crippen molar-refractivity contribution in [2.75, 3.05) is 20.1 Å². The summed E-state index contributed by atoms with van der Waals surface area (Å²) in [6.07, 6.45) is -8.16. The maximum absolute atomic E-state index is 12.4. The smallest absolute Gasteiger partial charge is 0.345 e. The van der Waals surface area contributed by atoms with Gasteiger partial charge in [0, 0.05) is 19.6 Å². The molecule has 1 fully saturated rings. The fourth-order valence-electron chi connectivity index (χ4n) is 2.32. The summed E-state index contributed by atoms with van der Waals surface area (Å²) in [6.45, 7) is 0.634. The number of nitrogens with zero attached hydrogens (tertiary/aromatic N) is 1. The monoisotopic (exact) mass is 320 g/mol. The largest absolute Gasteiger partial charge is 0.409 e. The first kappa shape index (κ1) is 18.1. The van der Waals surface area contributed by atoms with Crippen LogP contribution in [0.3, 0.4) is 0 Å². The zero-order valence-electron chi connectivity index (χ0n) is 11.5. The van der Waals surface area contributed by atoms with Crippen molar-refractivity contribution in [3.8, 4) is 0 Å². The van der Waals surface area contributed by atoms with Crippen molar-refractivity contribution in [3.05, 3.63) is 0 Å². The molecule has 1 heterocycles. The molecule has 0 aliphatic carbocycles. The zero-order valence-corrected chi connectivity index (χ0v) is 11.5. The molecule has 9 heteroatoms. The lowest BCUT2D eigenvalue weighted by Gasteiger charge is -2.29. The number of alkyl halides is 6. The molecule has 1 N–H and O–H groups in total. The van der Waals surface area contributed by atoms with Gasteiger partial charge >= 0.3 is 12.4 Å². The first-order valence-electron chi connectivity index (χ1n) is 6.65. The van der Waals surface area contributed by atoms with E-state index in [0.717, 1.165) is 32.9 Å². The fraction of sp³-hybridized carbons (Fsp3) is 0.917. The maximum Gasteiger partial charge on any atom is 0.409 e. The fourth-order valence-corrected chi connectivity index (χ4v) is 2.32. The minimum atomic E-state index is -5.63. The molecule has 1 amide bonds. The third-order valence-electron chi connectivity index (χ3n) is 3.50. The van der Waals surface area contributed by atoms with Crippen LogP contribution in [0.25, 0.3) is 0 Å². The van der Waals surface area contributed by atoms with E-state index in [1.54, 1.807) is 0 Å². The summed E-state index contributed by atoms with van der Waals surface area (Å²) < 4.78 is 74.7. The van der Waals surface area contributed by atoms with Crippen LogP contribution < -0.4 is 5.32 Å². The highest BCUT2D eigenvalue weighted by Crippen LogP contribution is 2.40. The molecular weight excluding hydrogens is 302 g/mol. The van der Waals surface area contributed by atoms with Crippen molar-refractivity contribution < 1.29 is 31.1 Å². The summed E-state index contributed by atoms with van der Waals surface area (Å²) in [5.74, 6) is -5.90. The van der Waals surface area contributed by atoms with Crippen LogP contribution >= 0.6 is 0 Å². The molecule has 1 rings (SSSR count). The predicted molar refractivity (Wildman–Crippen MR) is 63.5 cm³/mol. The topological polar surface area (TPSA) is 32.3 Å². The first-order valence-corrected chi connectivity index (χ1v) is 6.65. The summed E-state index contributed by atoms with van der Waals surface area (Å²) >= 11 is 0. The Kier molecular flexibility index (Phi) is 5.89. The number of halogens is 6. The van der Waals surface area contributed by atoms with E-state index >= 15 is 0 Å². The molecule has 0 aromatic heterocycles. The van der Waals surface area contributed by atoms with E-state index in [4.69, 9.17) is 0 Å². The molecular formula is C12H18F6N2O. The molecule has 1 saturated heterocycles. The Hall–Kier alpha value is -0.990. The van der Waals surface area contributed by atoms with Gasteiger partial charge < -0.3 is 10.2 Å². The molecule has 1 aliphatic heterocycles. The van der Waals surface area contributed by atoms with Crippen LogP contribution in [0.2, 0.25) is 0 Å². The van der Waals surface area contributed by atoms with Gasteiger partial charge in [-0.3, -0.25) is 4.79 Å². The molecule has 1 unspecified atom stereocenters. The third kappa shape index (κ3) is 5.37. The molecule has 0 spiro atoms. The predicted octanol–water partition coefficient (Wildman–Crippen LogP) is 2.72. The summed E-state index contributed by atoms with van der Waals surface area (Å²) in [7, 11) is 0.968. The quantitative estimate of drug-likeness (QED) is 0.808. The number of hydrogen-bond acceptors (Lipinski definition) is 2. The highest BCUT2D eigenvalue weighted by atomic mass is 19.4. The number of piperidine rings is 1. The van der Waals surface area contributed by atoms with Crippen LogP contribution in [-0.4, -0.2) is 49.3 Å². The normalized spacial score (nSPS) is 20.7. The summed E-state index contributed by atoms with van der Waals surface area (Å²) in [5, 5.41) is 3.12. The van der Waals surface area contributed by atoms with Crippen molar-refractivity contribution in [3.63, 3.8) is 0 Å². The van der Waals surface area contributed by atoms with Gasteiger partial charge in [-0.05, 0) is 25.8 Å². The molecule has 0 radical (unpaired) electrons. The lowest BCUT2D eigenvalue weighted by molar-refractivity contribution is -0.277. The zero-order chi connectivity index (χ0) is 16.3. The Morgan fingerprint density at radius 2 is 1.76 bits per heavy atom. The van der Waals surface area contributed by atoms with Gasteiger partial charge in [0.1, 0.15) is 0 Å². The Morgan fingerprint density at radius 3 is 2.19 bits per heavy atom. The second kappa shape index (κ2) is 6.85. The lowest BCUT2D eigenvalue weighted by atomic mass is 10.0. The summed E-state index contributed by atoms with van der Waals surface area (Å²) in [4.78, 5) is 12.0. The number of amides is 1. The number of hydrogen-bond donors (Lipinski definition) is 1. The number of nitrogens with one attached hydrogen (secondary N) is 1. The Morgan fingerprint density at radius 1 is 1.19 bits per heavy atom. The van der Waals surface area contributed by atoms with Crippen LogP contribution in [-0.2, 0) is 4.79 Å². The number of rotatable bonds is 4. The van der Waals surface area contributed by atoms with E-state index in [2.05, 4.69) is 5.32 Å². The third-order valence-corrected chi connectivity index (χ3v) is 3.50. The van der Waals surface area contributed by atoms with E-state index in [0.29, 0.717) is 11.3 Å². The van der Waals surface area contributed by atoms with Crippen molar-refractivity contribution in [1.29, 1.82) is 0 Å². The summed E-state index contributed by atoms with van der Waals surface area (Å²) in [6, 6.07) is 0.0317. The Labute approximate surface area is 118 Å². The highest BCUT2D eigenvalue weighted by Gasteiger charge is 2.61. The molecule has 1 aliphatic rings. The Balaban J connectivity index is 2.61. The second-order valence-corrected chi connectivity index (χ2v) is 5.21. The van der Waals surface area contributed by atoms with Gasteiger partial charge in [-0.25, -0.2) is 0 Å². The maximum atomic E-state index is 12.4. The number of carbonyl (C=O) groups is 1. The van der Waals surface area contributed by atoms with Crippen LogP contribution in [0.4, 0.5) is 26.3 Å². The van der Waals surface area contributed by atoms with E-state index in [1.165, 1.54) is 0 Å².